The van der Waals surface area contributed by atoms with E-state index in [1.54, 1.807) is 12.1 Å². The lowest BCUT2D eigenvalue weighted by molar-refractivity contribution is -0.120. The normalized spacial score (nSPS) is 15.6. The van der Waals surface area contributed by atoms with Gasteiger partial charge < -0.3 is 5.32 Å². The van der Waals surface area contributed by atoms with Gasteiger partial charge in [-0.15, -0.1) is 0 Å². The molecule has 0 spiro atoms. The highest BCUT2D eigenvalue weighted by Crippen LogP contribution is 2.43. The summed E-state index contributed by atoms with van der Waals surface area (Å²) in [5.74, 6) is -0.270. The monoisotopic (exact) mass is 289 g/mol. The average molecular weight is 290 g/mol. The van der Waals surface area contributed by atoms with E-state index in [0.717, 1.165) is 10.0 Å². The topological polar surface area (TPSA) is 76.7 Å². The quantitative estimate of drug-likeness (QED) is 0.908. The Morgan fingerprint density at radius 1 is 1.29 bits per heavy atom. The van der Waals surface area contributed by atoms with Crippen molar-refractivity contribution in [2.45, 2.75) is 18.3 Å². The first-order valence-electron chi connectivity index (χ1n) is 4.99. The van der Waals surface area contributed by atoms with Crippen molar-refractivity contribution in [1.82, 2.24) is 0 Å². The summed E-state index contributed by atoms with van der Waals surface area (Å²) in [7, 11) is 0. The third-order valence-electron chi connectivity index (χ3n) is 2.94. The number of carbonyl (C=O) groups is 1. The summed E-state index contributed by atoms with van der Waals surface area (Å²) in [5, 5.41) is 20.5. The fourth-order valence-electron chi connectivity index (χ4n) is 2.07. The number of hydrogen-bond acceptors (Lipinski definition) is 3. The van der Waals surface area contributed by atoms with Crippen LogP contribution in [-0.2, 0) is 10.2 Å². The van der Waals surface area contributed by atoms with Crippen molar-refractivity contribution in [2.75, 3.05) is 5.32 Å². The van der Waals surface area contributed by atoms with Gasteiger partial charge >= 0.3 is 0 Å². The molecule has 1 aromatic rings. The fourth-order valence-corrected chi connectivity index (χ4v) is 2.43. The molecule has 0 fully saturated rings. The van der Waals surface area contributed by atoms with E-state index in [2.05, 4.69) is 21.2 Å². The molecule has 1 aromatic carbocycles. The molecule has 4 nitrogen and oxygen atoms in total. The highest BCUT2D eigenvalue weighted by molar-refractivity contribution is 9.10. The van der Waals surface area contributed by atoms with Crippen molar-refractivity contribution in [3.63, 3.8) is 0 Å². The molecular weight excluding hydrogens is 282 g/mol. The summed E-state index contributed by atoms with van der Waals surface area (Å²) in [5.41, 5.74) is 0.381. The molecule has 84 valence electrons. The van der Waals surface area contributed by atoms with Crippen molar-refractivity contribution in [2.24, 2.45) is 0 Å². The van der Waals surface area contributed by atoms with E-state index in [9.17, 15) is 4.79 Å². The van der Waals surface area contributed by atoms with Crippen molar-refractivity contribution in [3.8, 4) is 12.1 Å². The molecule has 1 N–H and O–H groups in total. The Kier molecular flexibility index (Phi) is 2.87. The molecule has 1 heterocycles. The van der Waals surface area contributed by atoms with E-state index < -0.39 is 5.41 Å². The Morgan fingerprint density at radius 3 is 2.53 bits per heavy atom. The van der Waals surface area contributed by atoms with Gasteiger partial charge in [-0.3, -0.25) is 4.79 Å². The minimum atomic E-state index is -1.03. The number of anilines is 1. The first-order valence-corrected chi connectivity index (χ1v) is 5.79. The van der Waals surface area contributed by atoms with E-state index in [0.29, 0.717) is 5.69 Å². The van der Waals surface area contributed by atoms with E-state index >= 15 is 0 Å². The van der Waals surface area contributed by atoms with Crippen LogP contribution in [0.3, 0.4) is 0 Å². The van der Waals surface area contributed by atoms with Gasteiger partial charge in [-0.05, 0) is 23.8 Å². The van der Waals surface area contributed by atoms with Gasteiger partial charge in [0.1, 0.15) is 5.41 Å². The molecule has 0 bridgehead atoms. The largest absolute Gasteiger partial charge is 0.325 e. The van der Waals surface area contributed by atoms with Crippen LogP contribution in [0.15, 0.2) is 22.7 Å². The van der Waals surface area contributed by atoms with Crippen LogP contribution in [0.25, 0.3) is 0 Å². The second-order valence-electron chi connectivity index (χ2n) is 3.90. The lowest BCUT2D eigenvalue weighted by atomic mass is 9.77. The maximum absolute atomic E-state index is 12.0. The third-order valence-corrected chi connectivity index (χ3v) is 3.43. The summed E-state index contributed by atoms with van der Waals surface area (Å²) in [6.45, 7) is 0. The summed E-state index contributed by atoms with van der Waals surface area (Å²) in [6, 6.07) is 9.38. The SMILES string of the molecule is N#CCC1(CC#N)C(=O)Nc2ccc(Br)cc21. The molecule has 0 saturated heterocycles. The van der Waals surface area contributed by atoms with Gasteiger partial charge in [-0.2, -0.15) is 10.5 Å². The second kappa shape index (κ2) is 4.20. The lowest BCUT2D eigenvalue weighted by Gasteiger charge is -2.20. The van der Waals surface area contributed by atoms with Gasteiger partial charge in [0.05, 0.1) is 25.0 Å². The minimum Gasteiger partial charge on any atom is -0.325 e. The fraction of sp³-hybridized carbons (Fsp3) is 0.250. The molecule has 17 heavy (non-hydrogen) atoms. The second-order valence-corrected chi connectivity index (χ2v) is 4.81. The number of benzene rings is 1. The number of hydrogen-bond donors (Lipinski definition) is 1. The van der Waals surface area contributed by atoms with Crippen LogP contribution in [0.5, 0.6) is 0 Å². The Balaban J connectivity index is 2.62. The number of carbonyl (C=O) groups excluding carboxylic acids is 1. The molecule has 0 atom stereocenters. The van der Waals surface area contributed by atoms with Gasteiger partial charge in [0.2, 0.25) is 5.91 Å². The number of rotatable bonds is 2. The van der Waals surface area contributed by atoms with Gasteiger partial charge in [0.15, 0.2) is 0 Å². The van der Waals surface area contributed by atoms with Crippen LogP contribution in [0, 0.1) is 22.7 Å². The van der Waals surface area contributed by atoms with Gasteiger partial charge in [-0.25, -0.2) is 0 Å². The Hall–Kier alpha value is -1.85. The Labute approximate surface area is 107 Å². The molecule has 2 rings (SSSR count). The number of amides is 1. The first-order chi connectivity index (χ1) is 8.14. The van der Waals surface area contributed by atoms with E-state index in [1.807, 2.05) is 18.2 Å². The molecule has 0 aromatic heterocycles. The number of nitrogens with one attached hydrogen (secondary N) is 1. The van der Waals surface area contributed by atoms with E-state index in [-0.39, 0.29) is 18.7 Å². The summed E-state index contributed by atoms with van der Waals surface area (Å²) in [4.78, 5) is 12.0. The highest BCUT2D eigenvalue weighted by atomic mass is 79.9. The van der Waals surface area contributed by atoms with Gasteiger partial charge in [0.25, 0.3) is 0 Å². The zero-order chi connectivity index (χ0) is 12.5. The van der Waals surface area contributed by atoms with Crippen LogP contribution in [0.1, 0.15) is 18.4 Å². The molecular formula is C12H8BrN3O. The Morgan fingerprint density at radius 2 is 1.94 bits per heavy atom. The number of fused-ring (bicyclic) bond motifs is 1. The standard InChI is InChI=1S/C12H8BrN3O/c13-8-1-2-10-9(7-8)12(3-5-14,4-6-15)11(17)16-10/h1-2,7H,3-4H2,(H,16,17). The molecule has 0 aliphatic carbocycles. The van der Waals surface area contributed by atoms with Gasteiger partial charge in [0, 0.05) is 10.2 Å². The first kappa shape index (κ1) is 11.6. The van der Waals surface area contributed by atoms with Crippen molar-refractivity contribution in [1.29, 1.82) is 10.5 Å². The molecule has 5 heteroatoms. The van der Waals surface area contributed by atoms with Crippen LogP contribution < -0.4 is 5.32 Å². The zero-order valence-electron chi connectivity index (χ0n) is 8.83. The molecule has 0 radical (unpaired) electrons. The molecule has 1 aliphatic heterocycles. The number of halogens is 1. The maximum Gasteiger partial charge on any atom is 0.237 e. The van der Waals surface area contributed by atoms with Gasteiger partial charge in [-0.1, -0.05) is 15.9 Å². The summed E-state index contributed by atoms with van der Waals surface area (Å²) >= 11 is 3.33. The maximum atomic E-state index is 12.0. The molecule has 0 unspecified atom stereocenters. The van der Waals surface area contributed by atoms with Crippen LogP contribution in [0.2, 0.25) is 0 Å². The molecule has 0 saturated carbocycles. The van der Waals surface area contributed by atoms with Crippen molar-refractivity contribution in [3.05, 3.63) is 28.2 Å². The summed E-state index contributed by atoms with van der Waals surface area (Å²) < 4.78 is 0.827. The lowest BCUT2D eigenvalue weighted by Crippen LogP contribution is -2.33. The minimum absolute atomic E-state index is 0.00977. The smallest absolute Gasteiger partial charge is 0.237 e. The van der Waals surface area contributed by atoms with E-state index in [1.165, 1.54) is 0 Å². The van der Waals surface area contributed by atoms with Crippen molar-refractivity contribution < 1.29 is 4.79 Å². The predicted octanol–water partition coefficient (Wildman–Crippen LogP) is 2.47. The third kappa shape index (κ3) is 1.69. The number of nitriles is 2. The summed E-state index contributed by atoms with van der Waals surface area (Å²) in [6.07, 6.45) is 0.0195. The van der Waals surface area contributed by atoms with E-state index in [4.69, 9.17) is 10.5 Å². The van der Waals surface area contributed by atoms with Crippen molar-refractivity contribution >= 4 is 27.5 Å². The van der Waals surface area contributed by atoms with Crippen LogP contribution in [0.4, 0.5) is 5.69 Å². The molecule has 1 amide bonds. The average Bonchev–Trinajstić information content (AvgIpc) is 2.54. The van der Waals surface area contributed by atoms with Crippen LogP contribution >= 0.6 is 15.9 Å². The predicted molar refractivity (Wildman–Crippen MR) is 64.9 cm³/mol. The zero-order valence-corrected chi connectivity index (χ0v) is 10.4. The number of nitrogens with zero attached hydrogens (tertiary/aromatic N) is 2. The molecule has 1 aliphatic rings. The Bertz CT molecular complexity index is 552. The van der Waals surface area contributed by atoms with Crippen LogP contribution in [-0.4, -0.2) is 5.91 Å². The highest BCUT2D eigenvalue weighted by Gasteiger charge is 2.46.